The summed E-state index contributed by atoms with van der Waals surface area (Å²) in [6, 6.07) is 9.87. The van der Waals surface area contributed by atoms with Crippen molar-refractivity contribution in [1.82, 2.24) is 24.9 Å². The van der Waals surface area contributed by atoms with E-state index in [0.717, 1.165) is 45.5 Å². The van der Waals surface area contributed by atoms with Crippen molar-refractivity contribution in [3.8, 4) is 34.0 Å². The van der Waals surface area contributed by atoms with Gasteiger partial charge in [-0.2, -0.15) is 0 Å². The maximum Gasteiger partial charge on any atom is 0.155 e. The molecule has 5 rings (SSSR count). The predicted molar refractivity (Wildman–Crippen MR) is 88.1 cm³/mol. The summed E-state index contributed by atoms with van der Waals surface area (Å²) in [5.74, 6) is 1.59. The molecule has 6 nitrogen and oxygen atoms in total. The minimum atomic E-state index is 0.782. The Morgan fingerprint density at radius 1 is 0.957 bits per heavy atom. The summed E-state index contributed by atoms with van der Waals surface area (Å²) in [4.78, 5) is 20.1. The highest BCUT2D eigenvalue weighted by molar-refractivity contribution is 5.95. The summed E-state index contributed by atoms with van der Waals surface area (Å²) in [5, 5.41) is 3.35. The van der Waals surface area contributed by atoms with Crippen LogP contribution in [0.2, 0.25) is 0 Å². The lowest BCUT2D eigenvalue weighted by Crippen LogP contribution is -1.95. The summed E-state index contributed by atoms with van der Waals surface area (Å²) in [5.41, 5.74) is 5.70. The van der Waals surface area contributed by atoms with Gasteiger partial charge >= 0.3 is 0 Å². The number of anilines is 2. The predicted octanol–water partition coefficient (Wildman–Crippen LogP) is 3.59. The van der Waals surface area contributed by atoms with E-state index in [2.05, 4.69) is 25.3 Å². The molecule has 0 atom stereocenters. The van der Waals surface area contributed by atoms with Crippen LogP contribution in [0.1, 0.15) is 0 Å². The monoisotopic (exact) mass is 300 g/mol. The summed E-state index contributed by atoms with van der Waals surface area (Å²) in [6.07, 6.45) is 7.24. The maximum atomic E-state index is 4.81. The molecule has 0 radical (unpaired) electrons. The first-order chi connectivity index (χ1) is 11.4. The first-order valence-electron chi connectivity index (χ1n) is 7.31. The molecule has 3 N–H and O–H groups in total. The number of hydrogen-bond acceptors (Lipinski definition) is 4. The van der Waals surface area contributed by atoms with Gasteiger partial charge in [-0.05, 0) is 30.3 Å². The van der Waals surface area contributed by atoms with Crippen molar-refractivity contribution in [2.24, 2.45) is 0 Å². The van der Waals surface area contributed by atoms with Crippen LogP contribution in [0.3, 0.4) is 0 Å². The Morgan fingerprint density at radius 2 is 1.96 bits per heavy atom. The van der Waals surface area contributed by atoms with Gasteiger partial charge in [0.1, 0.15) is 11.5 Å². The molecule has 0 amide bonds. The van der Waals surface area contributed by atoms with Crippen molar-refractivity contribution >= 4 is 11.5 Å². The van der Waals surface area contributed by atoms with E-state index in [1.165, 1.54) is 0 Å². The molecule has 4 aromatic heterocycles. The molecule has 23 heavy (non-hydrogen) atoms. The fourth-order valence-corrected chi connectivity index (χ4v) is 2.90. The third-order valence-electron chi connectivity index (χ3n) is 3.96. The van der Waals surface area contributed by atoms with Crippen LogP contribution in [0.15, 0.2) is 55.1 Å². The smallest absolute Gasteiger partial charge is 0.155 e. The minimum absolute atomic E-state index is 0.782. The number of aromatic amines is 2. The number of nitrogens with zero attached hydrogens (tertiary/aromatic N) is 3. The van der Waals surface area contributed by atoms with Crippen molar-refractivity contribution in [1.29, 1.82) is 0 Å². The molecule has 110 valence electrons. The van der Waals surface area contributed by atoms with Gasteiger partial charge in [-0.25, -0.2) is 9.97 Å². The third kappa shape index (κ3) is 1.78. The average Bonchev–Trinajstić information content (AvgIpc) is 3.23. The Hall–Kier alpha value is -3.41. The van der Waals surface area contributed by atoms with Gasteiger partial charge in [0.05, 0.1) is 23.3 Å². The van der Waals surface area contributed by atoms with Gasteiger partial charge < -0.3 is 15.3 Å². The fraction of sp³-hybridized carbons (Fsp3) is 0. The summed E-state index contributed by atoms with van der Waals surface area (Å²) < 4.78 is 0. The number of imidazole rings is 1. The average molecular weight is 300 g/mol. The first-order valence-corrected chi connectivity index (χ1v) is 7.31. The molecule has 0 aromatic carbocycles. The van der Waals surface area contributed by atoms with E-state index in [9.17, 15) is 0 Å². The van der Waals surface area contributed by atoms with Gasteiger partial charge in [-0.3, -0.25) is 4.98 Å². The van der Waals surface area contributed by atoms with Crippen molar-refractivity contribution in [2.45, 2.75) is 0 Å². The van der Waals surface area contributed by atoms with Gasteiger partial charge in [0, 0.05) is 29.7 Å². The summed E-state index contributed by atoms with van der Waals surface area (Å²) in [7, 11) is 0. The van der Waals surface area contributed by atoms with Crippen LogP contribution in [0.4, 0.5) is 11.5 Å². The van der Waals surface area contributed by atoms with Crippen LogP contribution in [0.25, 0.3) is 34.0 Å². The molecular weight excluding hydrogens is 288 g/mol. The van der Waals surface area contributed by atoms with E-state index >= 15 is 0 Å². The van der Waals surface area contributed by atoms with Crippen molar-refractivity contribution in [3.63, 3.8) is 0 Å². The maximum absolute atomic E-state index is 4.81. The fourth-order valence-electron chi connectivity index (χ4n) is 2.90. The Kier molecular flexibility index (Phi) is 2.40. The van der Waals surface area contributed by atoms with Crippen molar-refractivity contribution < 1.29 is 0 Å². The molecule has 6 heteroatoms. The second-order valence-electron chi connectivity index (χ2n) is 5.34. The lowest BCUT2D eigenvalue weighted by molar-refractivity contribution is 1.24. The van der Waals surface area contributed by atoms with Gasteiger partial charge in [0.2, 0.25) is 0 Å². The van der Waals surface area contributed by atoms with E-state index in [-0.39, 0.29) is 0 Å². The Balaban J connectivity index is 1.84. The molecule has 0 saturated carbocycles. The molecule has 0 fully saturated rings. The number of hydrogen-bond donors (Lipinski definition) is 3. The second kappa shape index (κ2) is 4.54. The Morgan fingerprint density at radius 3 is 2.87 bits per heavy atom. The molecule has 0 aliphatic carbocycles. The lowest BCUT2D eigenvalue weighted by atomic mass is 10.1. The van der Waals surface area contributed by atoms with E-state index in [1.807, 2.05) is 36.5 Å². The van der Waals surface area contributed by atoms with E-state index in [0.29, 0.717) is 0 Å². The summed E-state index contributed by atoms with van der Waals surface area (Å²) in [6.45, 7) is 0. The summed E-state index contributed by atoms with van der Waals surface area (Å²) >= 11 is 0. The molecule has 0 unspecified atom stereocenters. The van der Waals surface area contributed by atoms with E-state index in [1.54, 1.807) is 18.6 Å². The number of aromatic nitrogens is 5. The first kappa shape index (κ1) is 12.2. The minimum Gasteiger partial charge on any atom is -0.359 e. The van der Waals surface area contributed by atoms with Crippen LogP contribution in [0.5, 0.6) is 0 Å². The zero-order valence-corrected chi connectivity index (χ0v) is 12.0. The van der Waals surface area contributed by atoms with Crippen LogP contribution in [-0.2, 0) is 0 Å². The molecule has 5 heterocycles. The molecule has 1 aliphatic heterocycles. The zero-order chi connectivity index (χ0) is 15.2. The van der Waals surface area contributed by atoms with Gasteiger partial charge in [0.15, 0.2) is 5.82 Å². The standard InChI is InChI=1S/C17H12N6/c1-3-11-15-14(22-17(23-15)12-4-2-6-19-12)10-5-8-18-9-13(10)21-16(11)20-7-1/h1-9,19H,(H,20,21)(H,22,23). The van der Waals surface area contributed by atoms with Crippen LogP contribution in [-0.4, -0.2) is 24.9 Å². The van der Waals surface area contributed by atoms with Gasteiger partial charge in [0.25, 0.3) is 0 Å². The topological polar surface area (TPSA) is 82.3 Å². The van der Waals surface area contributed by atoms with Crippen LogP contribution < -0.4 is 5.32 Å². The molecule has 0 saturated heterocycles. The van der Waals surface area contributed by atoms with Crippen molar-refractivity contribution in [3.05, 3.63) is 55.1 Å². The Labute approximate surface area is 131 Å². The number of nitrogens with one attached hydrogen (secondary N) is 3. The highest BCUT2D eigenvalue weighted by Gasteiger charge is 2.24. The number of pyridine rings is 2. The molecular formula is C17H12N6. The lowest BCUT2D eigenvalue weighted by Gasteiger charge is -2.07. The number of rotatable bonds is 1. The Bertz CT molecular complexity index is 937. The zero-order valence-electron chi connectivity index (χ0n) is 12.0. The quantitative estimate of drug-likeness (QED) is 0.442. The SMILES string of the molecule is c1c[nH]c(-c2nc3c([nH]2)-c2ccncc2Nc2ncccc2-3)c1. The number of fused-ring (bicyclic) bond motifs is 5. The van der Waals surface area contributed by atoms with Gasteiger partial charge in [-0.1, -0.05) is 0 Å². The second-order valence-corrected chi connectivity index (χ2v) is 5.34. The molecule has 0 spiro atoms. The molecule has 1 aliphatic rings. The van der Waals surface area contributed by atoms with E-state index < -0.39 is 0 Å². The van der Waals surface area contributed by atoms with Crippen LogP contribution in [0, 0.1) is 0 Å². The largest absolute Gasteiger partial charge is 0.359 e. The highest BCUT2D eigenvalue weighted by atomic mass is 15.0. The third-order valence-corrected chi connectivity index (χ3v) is 3.96. The highest BCUT2D eigenvalue weighted by Crippen LogP contribution is 2.42. The van der Waals surface area contributed by atoms with E-state index in [4.69, 9.17) is 4.98 Å². The van der Waals surface area contributed by atoms with Gasteiger partial charge in [-0.15, -0.1) is 0 Å². The molecule has 4 aromatic rings. The number of H-pyrrole nitrogens is 2. The van der Waals surface area contributed by atoms with Crippen LogP contribution >= 0.6 is 0 Å². The normalized spacial score (nSPS) is 11.8. The molecule has 0 bridgehead atoms. The van der Waals surface area contributed by atoms with Crippen molar-refractivity contribution in [2.75, 3.05) is 5.32 Å².